The predicted octanol–water partition coefficient (Wildman–Crippen LogP) is 1.61. The smallest absolute Gasteiger partial charge is 0.224 e. The first kappa shape index (κ1) is 12.0. The second kappa shape index (κ2) is 4.93. The van der Waals surface area contributed by atoms with E-state index >= 15 is 0 Å². The number of ether oxygens (including phenoxy) is 2. The fraction of sp³-hybridized carbons (Fsp3) is 0.250. The molecule has 3 rings (SSSR count). The molecule has 2 heterocycles. The summed E-state index contributed by atoms with van der Waals surface area (Å²) in [5.74, 6) is 2.19. The molecule has 7 heteroatoms. The number of benzene rings is 1. The Balaban J connectivity index is 2.04. The van der Waals surface area contributed by atoms with Crippen molar-refractivity contribution in [2.45, 2.75) is 5.16 Å². The zero-order valence-electron chi connectivity index (χ0n) is 10.3. The molecule has 0 spiro atoms. The largest absolute Gasteiger partial charge is 0.486 e. The average Bonchev–Trinajstić information content (AvgIpc) is 2.46. The number of nitrogen functional groups attached to an aromatic ring is 1. The molecule has 0 radical (unpaired) electrons. The molecule has 2 N–H and O–H groups in total. The minimum absolute atomic E-state index is 0.212. The zero-order chi connectivity index (χ0) is 13.2. The van der Waals surface area contributed by atoms with Gasteiger partial charge in [0.2, 0.25) is 5.95 Å². The fourth-order valence-electron chi connectivity index (χ4n) is 1.77. The Morgan fingerprint density at radius 3 is 2.68 bits per heavy atom. The van der Waals surface area contributed by atoms with Gasteiger partial charge in [0.15, 0.2) is 22.5 Å². The number of anilines is 1. The van der Waals surface area contributed by atoms with Crippen LogP contribution in [0.3, 0.4) is 0 Å². The van der Waals surface area contributed by atoms with Crippen LogP contribution >= 0.6 is 11.8 Å². The van der Waals surface area contributed by atoms with Crippen molar-refractivity contribution < 1.29 is 9.47 Å². The molecule has 0 amide bonds. The fourth-order valence-corrected chi connectivity index (χ4v) is 2.14. The Labute approximate surface area is 114 Å². The van der Waals surface area contributed by atoms with Gasteiger partial charge in [0.1, 0.15) is 13.2 Å². The zero-order valence-corrected chi connectivity index (χ0v) is 11.1. The molecule has 98 valence electrons. The highest BCUT2D eigenvalue weighted by molar-refractivity contribution is 7.98. The van der Waals surface area contributed by atoms with E-state index in [1.54, 1.807) is 0 Å². The summed E-state index contributed by atoms with van der Waals surface area (Å²) in [6.07, 6.45) is 1.89. The number of nitrogens with two attached hydrogens (primary N) is 1. The summed E-state index contributed by atoms with van der Waals surface area (Å²) in [5, 5.41) is 0.595. The van der Waals surface area contributed by atoms with Gasteiger partial charge >= 0.3 is 0 Å². The summed E-state index contributed by atoms with van der Waals surface area (Å²) in [4.78, 5) is 12.5. The Kier molecular flexibility index (Phi) is 3.12. The first-order valence-electron chi connectivity index (χ1n) is 5.72. The maximum absolute atomic E-state index is 5.68. The van der Waals surface area contributed by atoms with Gasteiger partial charge in [0, 0.05) is 5.56 Å². The van der Waals surface area contributed by atoms with E-state index in [-0.39, 0.29) is 5.95 Å². The van der Waals surface area contributed by atoms with Gasteiger partial charge < -0.3 is 15.2 Å². The van der Waals surface area contributed by atoms with Crippen LogP contribution in [0.25, 0.3) is 11.4 Å². The first-order valence-corrected chi connectivity index (χ1v) is 6.94. The van der Waals surface area contributed by atoms with Crippen molar-refractivity contribution in [2.24, 2.45) is 0 Å². The lowest BCUT2D eigenvalue weighted by atomic mass is 10.2. The summed E-state index contributed by atoms with van der Waals surface area (Å²) >= 11 is 1.42. The van der Waals surface area contributed by atoms with Crippen LogP contribution in [0.15, 0.2) is 23.4 Å². The Hall–Kier alpha value is -2.02. The molecular formula is C12H12N4O2S. The summed E-state index contributed by atoms with van der Waals surface area (Å²) in [5.41, 5.74) is 6.51. The lowest BCUT2D eigenvalue weighted by molar-refractivity contribution is 0.171. The van der Waals surface area contributed by atoms with Gasteiger partial charge in [-0.3, -0.25) is 0 Å². The topological polar surface area (TPSA) is 83.2 Å². The molecule has 1 aliphatic heterocycles. The molecule has 1 aliphatic rings. The maximum Gasteiger partial charge on any atom is 0.224 e. The van der Waals surface area contributed by atoms with Crippen molar-refractivity contribution >= 4 is 17.7 Å². The van der Waals surface area contributed by atoms with Crippen LogP contribution in [0.5, 0.6) is 11.5 Å². The molecule has 1 aromatic heterocycles. The number of thioether (sulfide) groups is 1. The van der Waals surface area contributed by atoms with E-state index < -0.39 is 0 Å². The number of fused-ring (bicyclic) bond motifs is 1. The second-order valence-corrected chi connectivity index (χ2v) is 4.64. The van der Waals surface area contributed by atoms with Crippen molar-refractivity contribution in [3.05, 3.63) is 18.2 Å². The minimum Gasteiger partial charge on any atom is -0.486 e. The van der Waals surface area contributed by atoms with Crippen LogP contribution in [0.2, 0.25) is 0 Å². The number of hydrogen-bond acceptors (Lipinski definition) is 7. The SMILES string of the molecule is CSc1nc(N)nc(-c2ccc3c(c2)OCCO3)n1. The molecule has 0 atom stereocenters. The van der Waals surface area contributed by atoms with Gasteiger partial charge in [-0.05, 0) is 24.5 Å². The van der Waals surface area contributed by atoms with Gasteiger partial charge in [-0.2, -0.15) is 9.97 Å². The third-order valence-electron chi connectivity index (χ3n) is 2.62. The second-order valence-electron chi connectivity index (χ2n) is 3.86. The average molecular weight is 276 g/mol. The lowest BCUT2D eigenvalue weighted by Crippen LogP contribution is -2.15. The van der Waals surface area contributed by atoms with Crippen LogP contribution in [0, 0.1) is 0 Å². The lowest BCUT2D eigenvalue weighted by Gasteiger charge is -2.18. The van der Waals surface area contributed by atoms with E-state index in [9.17, 15) is 0 Å². The molecule has 0 saturated carbocycles. The van der Waals surface area contributed by atoms with Gasteiger partial charge in [-0.1, -0.05) is 11.8 Å². The summed E-state index contributed by atoms with van der Waals surface area (Å²) in [7, 11) is 0. The van der Waals surface area contributed by atoms with Crippen molar-refractivity contribution in [3.8, 4) is 22.9 Å². The molecule has 2 aromatic rings. The molecule has 1 aromatic carbocycles. The van der Waals surface area contributed by atoms with Crippen LogP contribution < -0.4 is 15.2 Å². The van der Waals surface area contributed by atoms with Crippen molar-refractivity contribution in [1.29, 1.82) is 0 Å². The molecule has 0 bridgehead atoms. The predicted molar refractivity (Wildman–Crippen MR) is 72.4 cm³/mol. The maximum atomic E-state index is 5.68. The van der Waals surface area contributed by atoms with Crippen molar-refractivity contribution in [2.75, 3.05) is 25.2 Å². The highest BCUT2D eigenvalue weighted by Crippen LogP contribution is 2.33. The molecule has 0 unspecified atom stereocenters. The quantitative estimate of drug-likeness (QED) is 0.834. The minimum atomic E-state index is 0.212. The van der Waals surface area contributed by atoms with Gasteiger partial charge in [0.05, 0.1) is 0 Å². The van der Waals surface area contributed by atoms with Crippen LogP contribution in [-0.4, -0.2) is 34.4 Å². The molecule has 0 aliphatic carbocycles. The number of hydrogen-bond donors (Lipinski definition) is 1. The van der Waals surface area contributed by atoms with Crippen LogP contribution in [0.1, 0.15) is 0 Å². The molecule has 0 fully saturated rings. The van der Waals surface area contributed by atoms with E-state index in [2.05, 4.69) is 15.0 Å². The highest BCUT2D eigenvalue weighted by atomic mass is 32.2. The molecule has 0 saturated heterocycles. The molecular weight excluding hydrogens is 264 g/mol. The van der Waals surface area contributed by atoms with E-state index in [0.29, 0.717) is 29.9 Å². The van der Waals surface area contributed by atoms with E-state index in [0.717, 1.165) is 11.3 Å². The standard InChI is InChI=1S/C12H12N4O2S/c1-19-12-15-10(14-11(13)16-12)7-2-3-8-9(6-7)18-5-4-17-8/h2-3,6H,4-5H2,1H3,(H2,13,14,15,16). The van der Waals surface area contributed by atoms with Gasteiger partial charge in [0.25, 0.3) is 0 Å². The summed E-state index contributed by atoms with van der Waals surface area (Å²) in [6.45, 7) is 1.12. The monoisotopic (exact) mass is 276 g/mol. The van der Waals surface area contributed by atoms with Gasteiger partial charge in [-0.25, -0.2) is 4.98 Å². The van der Waals surface area contributed by atoms with Crippen molar-refractivity contribution in [3.63, 3.8) is 0 Å². The molecule has 6 nitrogen and oxygen atoms in total. The Bertz CT molecular complexity index is 621. The van der Waals surface area contributed by atoms with E-state index in [4.69, 9.17) is 15.2 Å². The third kappa shape index (κ3) is 2.41. The van der Waals surface area contributed by atoms with E-state index in [1.165, 1.54) is 11.8 Å². The van der Waals surface area contributed by atoms with E-state index in [1.807, 2.05) is 24.5 Å². The third-order valence-corrected chi connectivity index (χ3v) is 3.16. The highest BCUT2D eigenvalue weighted by Gasteiger charge is 2.14. The first-order chi connectivity index (χ1) is 9.26. The molecule has 19 heavy (non-hydrogen) atoms. The normalized spacial score (nSPS) is 13.3. The summed E-state index contributed by atoms with van der Waals surface area (Å²) in [6, 6.07) is 5.59. The number of nitrogens with zero attached hydrogens (tertiary/aromatic N) is 3. The summed E-state index contributed by atoms with van der Waals surface area (Å²) < 4.78 is 11.0. The number of aromatic nitrogens is 3. The Morgan fingerprint density at radius 1 is 1.11 bits per heavy atom. The number of rotatable bonds is 2. The van der Waals surface area contributed by atoms with Crippen LogP contribution in [-0.2, 0) is 0 Å². The van der Waals surface area contributed by atoms with Crippen molar-refractivity contribution in [1.82, 2.24) is 15.0 Å². The Morgan fingerprint density at radius 2 is 1.89 bits per heavy atom. The van der Waals surface area contributed by atoms with Crippen LogP contribution in [0.4, 0.5) is 5.95 Å². The van der Waals surface area contributed by atoms with Gasteiger partial charge in [-0.15, -0.1) is 0 Å².